The number of phenolic OH excluding ortho intramolecular Hbond substituents is 1. The summed E-state index contributed by atoms with van der Waals surface area (Å²) in [6, 6.07) is 38.4. The smallest absolute Gasteiger partial charge is 0.149 e. The summed E-state index contributed by atoms with van der Waals surface area (Å²) in [4.78, 5) is 14.5. The maximum absolute atomic E-state index is 10.9. The molecule has 0 amide bonds. The average molecular weight is 531 g/mol. The Balaban J connectivity index is 1.37. The SMILES string of the molecule is Cc1ccc(O)c(-c2nc3c(-c4cccc(-c5ccc(-c6ccccc6)cn5)c4)cncc3n2-c2ccccc2)c1. The first-order valence-electron chi connectivity index (χ1n) is 13.5. The second kappa shape index (κ2) is 10.2. The summed E-state index contributed by atoms with van der Waals surface area (Å²) >= 11 is 0. The van der Waals surface area contributed by atoms with E-state index in [-0.39, 0.29) is 5.75 Å². The topological polar surface area (TPSA) is 63.8 Å². The van der Waals surface area contributed by atoms with Gasteiger partial charge in [-0.05, 0) is 54.4 Å². The van der Waals surface area contributed by atoms with E-state index in [1.54, 1.807) is 6.07 Å². The van der Waals surface area contributed by atoms with Crippen molar-refractivity contribution in [1.82, 2.24) is 19.5 Å². The molecule has 7 aromatic rings. The van der Waals surface area contributed by atoms with Gasteiger partial charge in [0, 0.05) is 34.8 Å². The van der Waals surface area contributed by atoms with Gasteiger partial charge in [0.05, 0.1) is 23.0 Å². The third-order valence-electron chi connectivity index (χ3n) is 7.32. The summed E-state index contributed by atoms with van der Waals surface area (Å²) in [5.41, 5.74) is 10.4. The van der Waals surface area contributed by atoms with Gasteiger partial charge < -0.3 is 5.11 Å². The lowest BCUT2D eigenvalue weighted by Crippen LogP contribution is -1.98. The van der Waals surface area contributed by atoms with Crippen LogP contribution in [-0.4, -0.2) is 24.6 Å². The minimum Gasteiger partial charge on any atom is -0.507 e. The Morgan fingerprint density at radius 3 is 2.15 bits per heavy atom. The van der Waals surface area contributed by atoms with Crippen molar-refractivity contribution in [2.24, 2.45) is 0 Å². The van der Waals surface area contributed by atoms with Gasteiger partial charge in [-0.15, -0.1) is 0 Å². The Morgan fingerprint density at radius 1 is 0.610 bits per heavy atom. The number of aromatic nitrogens is 4. The van der Waals surface area contributed by atoms with Crippen molar-refractivity contribution in [1.29, 1.82) is 0 Å². The molecular formula is C36H26N4O. The van der Waals surface area contributed by atoms with Crippen molar-refractivity contribution in [3.63, 3.8) is 0 Å². The number of phenols is 1. The number of para-hydroxylation sites is 1. The molecule has 1 N–H and O–H groups in total. The molecule has 0 saturated carbocycles. The van der Waals surface area contributed by atoms with Crippen molar-refractivity contribution < 1.29 is 5.11 Å². The van der Waals surface area contributed by atoms with Crippen molar-refractivity contribution in [3.05, 3.63) is 139 Å². The number of rotatable bonds is 5. The molecule has 7 rings (SSSR count). The summed E-state index contributed by atoms with van der Waals surface area (Å²) in [6.45, 7) is 2.01. The highest BCUT2D eigenvalue weighted by molar-refractivity contribution is 5.95. The minimum absolute atomic E-state index is 0.185. The number of pyridine rings is 2. The number of imidazole rings is 1. The summed E-state index contributed by atoms with van der Waals surface area (Å²) in [5.74, 6) is 0.848. The van der Waals surface area contributed by atoms with E-state index in [1.807, 2.05) is 92.2 Å². The van der Waals surface area contributed by atoms with Crippen LogP contribution in [0.3, 0.4) is 0 Å². The van der Waals surface area contributed by atoms with E-state index in [2.05, 4.69) is 52.0 Å². The van der Waals surface area contributed by atoms with Crippen LogP contribution >= 0.6 is 0 Å². The Hall–Kier alpha value is -5.55. The van der Waals surface area contributed by atoms with Crippen LogP contribution in [-0.2, 0) is 0 Å². The summed E-state index contributed by atoms with van der Waals surface area (Å²) in [5, 5.41) is 10.9. The summed E-state index contributed by atoms with van der Waals surface area (Å²) < 4.78 is 2.06. The first kappa shape index (κ1) is 24.5. The highest BCUT2D eigenvalue weighted by atomic mass is 16.3. The van der Waals surface area contributed by atoms with Crippen molar-refractivity contribution in [3.8, 4) is 56.3 Å². The van der Waals surface area contributed by atoms with Gasteiger partial charge in [-0.3, -0.25) is 14.5 Å². The van der Waals surface area contributed by atoms with Crippen LogP contribution in [0.2, 0.25) is 0 Å². The van der Waals surface area contributed by atoms with E-state index in [0.717, 1.165) is 55.8 Å². The van der Waals surface area contributed by atoms with Crippen molar-refractivity contribution >= 4 is 11.0 Å². The van der Waals surface area contributed by atoms with Gasteiger partial charge in [0.15, 0.2) is 0 Å². The monoisotopic (exact) mass is 530 g/mol. The van der Waals surface area contributed by atoms with Crippen LogP contribution in [0, 0.1) is 6.92 Å². The molecule has 5 heteroatoms. The standard InChI is InChI=1S/C36H26N4O/c1-24-15-18-34(41)30(19-24)36-39-35-31(22-37-23-33(35)40(36)29-13-6-3-7-14-29)26-11-8-12-27(20-26)32-17-16-28(21-38-32)25-9-4-2-5-10-25/h2-23,41H,1H3. The Bertz CT molecular complexity index is 2000. The molecular weight excluding hydrogens is 504 g/mol. The molecule has 0 radical (unpaired) electrons. The van der Waals surface area contributed by atoms with E-state index >= 15 is 0 Å². The van der Waals surface area contributed by atoms with Crippen LogP contribution in [0.1, 0.15) is 5.56 Å². The van der Waals surface area contributed by atoms with Gasteiger partial charge in [0.25, 0.3) is 0 Å². The van der Waals surface area contributed by atoms with Crippen LogP contribution in [0.4, 0.5) is 0 Å². The quantitative estimate of drug-likeness (QED) is 0.242. The maximum Gasteiger partial charge on any atom is 0.149 e. The first-order valence-corrected chi connectivity index (χ1v) is 13.5. The average Bonchev–Trinajstić information content (AvgIpc) is 3.43. The van der Waals surface area contributed by atoms with Crippen LogP contribution in [0.5, 0.6) is 5.75 Å². The molecule has 0 spiro atoms. The molecule has 0 aliphatic heterocycles. The molecule has 0 saturated heterocycles. The zero-order valence-corrected chi connectivity index (χ0v) is 22.4. The van der Waals surface area contributed by atoms with Gasteiger partial charge in [0.2, 0.25) is 0 Å². The third-order valence-corrected chi connectivity index (χ3v) is 7.32. The van der Waals surface area contributed by atoms with Gasteiger partial charge in [-0.2, -0.15) is 0 Å². The molecule has 3 aromatic heterocycles. The molecule has 196 valence electrons. The zero-order valence-electron chi connectivity index (χ0n) is 22.4. The number of nitrogens with zero attached hydrogens (tertiary/aromatic N) is 4. The molecule has 0 aliphatic rings. The fraction of sp³-hybridized carbons (Fsp3) is 0.0278. The molecule has 41 heavy (non-hydrogen) atoms. The Labute approximate surface area is 238 Å². The normalized spacial score (nSPS) is 11.1. The molecule has 0 bridgehead atoms. The van der Waals surface area contributed by atoms with E-state index in [0.29, 0.717) is 11.4 Å². The fourth-order valence-corrected chi connectivity index (χ4v) is 5.27. The van der Waals surface area contributed by atoms with Crippen LogP contribution in [0.25, 0.3) is 61.6 Å². The minimum atomic E-state index is 0.185. The lowest BCUT2D eigenvalue weighted by molar-refractivity contribution is 0.476. The van der Waals surface area contributed by atoms with E-state index in [9.17, 15) is 5.11 Å². The summed E-state index contributed by atoms with van der Waals surface area (Å²) in [6.07, 6.45) is 5.61. The second-order valence-electron chi connectivity index (χ2n) is 10.1. The molecule has 0 unspecified atom stereocenters. The van der Waals surface area contributed by atoms with Gasteiger partial charge in [-0.1, -0.05) is 84.4 Å². The first-order chi connectivity index (χ1) is 20.2. The predicted octanol–water partition coefficient (Wildman–Crippen LogP) is 8.50. The lowest BCUT2D eigenvalue weighted by atomic mass is 10.0. The van der Waals surface area contributed by atoms with Gasteiger partial charge in [-0.25, -0.2) is 4.98 Å². The molecule has 3 heterocycles. The Morgan fingerprint density at radius 2 is 1.37 bits per heavy atom. The third kappa shape index (κ3) is 4.53. The molecule has 0 aliphatic carbocycles. The van der Waals surface area contributed by atoms with E-state index in [1.165, 1.54) is 0 Å². The van der Waals surface area contributed by atoms with E-state index in [4.69, 9.17) is 9.97 Å². The number of hydrogen-bond donors (Lipinski definition) is 1. The van der Waals surface area contributed by atoms with Gasteiger partial charge >= 0.3 is 0 Å². The predicted molar refractivity (Wildman–Crippen MR) is 165 cm³/mol. The molecule has 0 atom stereocenters. The maximum atomic E-state index is 10.9. The summed E-state index contributed by atoms with van der Waals surface area (Å²) in [7, 11) is 0. The Kier molecular flexibility index (Phi) is 6.10. The van der Waals surface area contributed by atoms with Crippen LogP contribution in [0.15, 0.2) is 134 Å². The number of fused-ring (bicyclic) bond motifs is 1. The van der Waals surface area contributed by atoms with Crippen molar-refractivity contribution in [2.75, 3.05) is 0 Å². The number of hydrogen-bond acceptors (Lipinski definition) is 4. The van der Waals surface area contributed by atoms with Crippen molar-refractivity contribution in [2.45, 2.75) is 6.92 Å². The fourth-order valence-electron chi connectivity index (χ4n) is 5.27. The largest absolute Gasteiger partial charge is 0.507 e. The molecule has 5 nitrogen and oxygen atoms in total. The number of aromatic hydroxyl groups is 1. The van der Waals surface area contributed by atoms with E-state index < -0.39 is 0 Å². The lowest BCUT2D eigenvalue weighted by Gasteiger charge is -2.11. The van der Waals surface area contributed by atoms with Crippen LogP contribution < -0.4 is 0 Å². The zero-order chi connectivity index (χ0) is 27.8. The number of aryl methyl sites for hydroxylation is 1. The van der Waals surface area contributed by atoms with Gasteiger partial charge in [0.1, 0.15) is 17.1 Å². The highest BCUT2D eigenvalue weighted by Gasteiger charge is 2.20. The number of benzene rings is 4. The second-order valence-corrected chi connectivity index (χ2v) is 10.1. The highest BCUT2D eigenvalue weighted by Crippen LogP contribution is 2.37. The molecule has 0 fully saturated rings. The molecule has 4 aromatic carbocycles.